The minimum atomic E-state index is -0.151. The van der Waals surface area contributed by atoms with Gasteiger partial charge in [-0.15, -0.1) is 0 Å². The second-order valence-corrected chi connectivity index (χ2v) is 8.24. The summed E-state index contributed by atoms with van der Waals surface area (Å²) in [6.07, 6.45) is 15.0. The van der Waals surface area contributed by atoms with E-state index in [9.17, 15) is 5.11 Å². The predicted octanol–water partition coefficient (Wildman–Crippen LogP) is 4.87. The Bertz CT molecular complexity index is 488. The second-order valence-electron chi connectivity index (χ2n) is 8.24. The van der Waals surface area contributed by atoms with E-state index in [1.165, 1.54) is 44.9 Å². The van der Waals surface area contributed by atoms with Crippen molar-refractivity contribution < 1.29 is 5.11 Å². The summed E-state index contributed by atoms with van der Waals surface area (Å²) in [5.74, 6) is 3.59. The first-order valence-corrected chi connectivity index (χ1v) is 9.21. The van der Waals surface area contributed by atoms with Crippen LogP contribution in [0.3, 0.4) is 0 Å². The zero-order valence-electron chi connectivity index (χ0n) is 13.6. The van der Waals surface area contributed by atoms with Crippen LogP contribution in [-0.4, -0.2) is 11.2 Å². The van der Waals surface area contributed by atoms with E-state index >= 15 is 0 Å². The molecular weight excluding hydrogens is 256 g/mol. The van der Waals surface area contributed by atoms with Crippen LogP contribution in [0, 0.1) is 29.1 Å². The Hall–Kier alpha value is -0.560. The first-order chi connectivity index (χ1) is 10.1. The molecule has 1 unspecified atom stereocenters. The van der Waals surface area contributed by atoms with Gasteiger partial charge in [-0.1, -0.05) is 37.1 Å². The molecular formula is C20H30O. The number of fused-ring (bicyclic) bond motifs is 5. The van der Waals surface area contributed by atoms with Crippen molar-refractivity contribution in [2.45, 2.75) is 71.3 Å². The Morgan fingerprint density at radius 2 is 2.05 bits per heavy atom. The van der Waals surface area contributed by atoms with Gasteiger partial charge in [0, 0.05) is 0 Å². The lowest BCUT2D eigenvalue weighted by atomic mass is 9.51. The zero-order chi connectivity index (χ0) is 14.6. The van der Waals surface area contributed by atoms with Crippen molar-refractivity contribution in [3.63, 3.8) is 0 Å². The van der Waals surface area contributed by atoms with Crippen LogP contribution in [0.4, 0.5) is 0 Å². The van der Waals surface area contributed by atoms with E-state index in [-0.39, 0.29) is 6.10 Å². The minimum Gasteiger partial charge on any atom is -0.389 e. The van der Waals surface area contributed by atoms with Crippen molar-refractivity contribution in [3.05, 3.63) is 23.3 Å². The summed E-state index contributed by atoms with van der Waals surface area (Å²) in [4.78, 5) is 0. The summed E-state index contributed by atoms with van der Waals surface area (Å²) >= 11 is 0. The molecule has 1 nitrogen and oxygen atoms in total. The van der Waals surface area contributed by atoms with Crippen LogP contribution < -0.4 is 0 Å². The molecule has 0 aromatic carbocycles. The number of allylic oxidation sites excluding steroid dienone is 3. The van der Waals surface area contributed by atoms with E-state index in [4.69, 9.17) is 0 Å². The topological polar surface area (TPSA) is 20.2 Å². The molecule has 1 heteroatoms. The SMILES string of the molecule is CCC1=CC[C@H]2[C@@H]3CCC4=CC(O)CC[C@@H]4[C@H]3CC[C@]12C. The van der Waals surface area contributed by atoms with Crippen LogP contribution in [0.5, 0.6) is 0 Å². The maximum absolute atomic E-state index is 9.92. The fourth-order valence-electron chi connectivity index (χ4n) is 6.52. The summed E-state index contributed by atoms with van der Waals surface area (Å²) in [6.45, 7) is 4.90. The molecule has 0 aliphatic heterocycles. The first kappa shape index (κ1) is 14.1. The van der Waals surface area contributed by atoms with Crippen molar-refractivity contribution in [2.75, 3.05) is 0 Å². The van der Waals surface area contributed by atoms with Gasteiger partial charge in [0.2, 0.25) is 0 Å². The van der Waals surface area contributed by atoms with Crippen LogP contribution in [0.1, 0.15) is 65.2 Å². The van der Waals surface area contributed by atoms with E-state index in [1.807, 2.05) is 0 Å². The predicted molar refractivity (Wildman–Crippen MR) is 86.8 cm³/mol. The van der Waals surface area contributed by atoms with Gasteiger partial charge in [0.25, 0.3) is 0 Å². The Kier molecular flexibility index (Phi) is 3.33. The Balaban J connectivity index is 1.61. The third kappa shape index (κ3) is 2.00. The van der Waals surface area contributed by atoms with Crippen LogP contribution in [-0.2, 0) is 0 Å². The van der Waals surface area contributed by atoms with Gasteiger partial charge in [0.1, 0.15) is 0 Å². The molecule has 0 heterocycles. The van der Waals surface area contributed by atoms with Crippen LogP contribution in [0.15, 0.2) is 23.3 Å². The average molecular weight is 286 g/mol. The number of hydrogen-bond acceptors (Lipinski definition) is 1. The van der Waals surface area contributed by atoms with Crippen LogP contribution in [0.25, 0.3) is 0 Å². The summed E-state index contributed by atoms with van der Waals surface area (Å²) < 4.78 is 0. The molecule has 0 aromatic rings. The molecule has 6 atom stereocenters. The molecule has 0 bridgehead atoms. The normalized spacial score (nSPS) is 48.8. The average Bonchev–Trinajstić information content (AvgIpc) is 2.83. The fraction of sp³-hybridized carbons (Fsp3) is 0.800. The summed E-state index contributed by atoms with van der Waals surface area (Å²) in [6, 6.07) is 0. The van der Waals surface area contributed by atoms with Crippen LogP contribution in [0.2, 0.25) is 0 Å². The third-order valence-electron chi connectivity index (χ3n) is 7.55. The maximum Gasteiger partial charge on any atom is 0.0723 e. The highest BCUT2D eigenvalue weighted by Gasteiger charge is 2.52. The van der Waals surface area contributed by atoms with Gasteiger partial charge in [0.15, 0.2) is 0 Å². The Morgan fingerprint density at radius 1 is 1.19 bits per heavy atom. The molecule has 0 aromatic heterocycles. The van der Waals surface area contributed by atoms with Crippen molar-refractivity contribution in [1.82, 2.24) is 0 Å². The molecule has 4 aliphatic carbocycles. The third-order valence-corrected chi connectivity index (χ3v) is 7.55. The molecule has 0 radical (unpaired) electrons. The van der Waals surface area contributed by atoms with Gasteiger partial charge in [-0.05, 0) is 80.5 Å². The highest BCUT2D eigenvalue weighted by molar-refractivity contribution is 5.27. The maximum atomic E-state index is 9.92. The van der Waals surface area contributed by atoms with Gasteiger partial charge in [-0.3, -0.25) is 0 Å². The lowest BCUT2D eigenvalue weighted by Gasteiger charge is -2.54. The Morgan fingerprint density at radius 3 is 2.86 bits per heavy atom. The second kappa shape index (κ2) is 4.98. The molecule has 2 fully saturated rings. The highest BCUT2D eigenvalue weighted by atomic mass is 16.3. The van der Waals surface area contributed by atoms with Gasteiger partial charge in [-0.2, -0.15) is 0 Å². The summed E-state index contributed by atoms with van der Waals surface area (Å²) in [5.41, 5.74) is 3.89. The first-order valence-electron chi connectivity index (χ1n) is 9.21. The van der Waals surface area contributed by atoms with Crippen molar-refractivity contribution >= 4 is 0 Å². The van der Waals surface area contributed by atoms with Gasteiger partial charge in [0.05, 0.1) is 6.10 Å². The van der Waals surface area contributed by atoms with Crippen LogP contribution >= 0.6 is 0 Å². The van der Waals surface area contributed by atoms with Gasteiger partial charge < -0.3 is 5.11 Å². The molecule has 4 aliphatic rings. The minimum absolute atomic E-state index is 0.151. The quantitative estimate of drug-likeness (QED) is 0.682. The molecule has 0 saturated heterocycles. The van der Waals surface area contributed by atoms with E-state index in [0.717, 1.165) is 30.1 Å². The molecule has 2 saturated carbocycles. The number of aliphatic hydroxyl groups is 1. The monoisotopic (exact) mass is 286 g/mol. The molecule has 4 rings (SSSR count). The van der Waals surface area contributed by atoms with E-state index in [1.54, 1.807) is 11.1 Å². The lowest BCUT2D eigenvalue weighted by Crippen LogP contribution is -2.45. The zero-order valence-corrected chi connectivity index (χ0v) is 13.6. The molecule has 1 N–H and O–H groups in total. The van der Waals surface area contributed by atoms with E-state index in [0.29, 0.717) is 5.41 Å². The molecule has 0 spiro atoms. The number of aliphatic hydroxyl groups excluding tert-OH is 1. The smallest absolute Gasteiger partial charge is 0.0723 e. The lowest BCUT2D eigenvalue weighted by molar-refractivity contribution is 0.00365. The highest BCUT2D eigenvalue weighted by Crippen LogP contribution is 2.62. The van der Waals surface area contributed by atoms with Crippen molar-refractivity contribution in [2.24, 2.45) is 29.1 Å². The number of hydrogen-bond donors (Lipinski definition) is 1. The summed E-state index contributed by atoms with van der Waals surface area (Å²) in [7, 11) is 0. The Labute approximate surface area is 129 Å². The van der Waals surface area contributed by atoms with Gasteiger partial charge >= 0.3 is 0 Å². The fourth-order valence-corrected chi connectivity index (χ4v) is 6.52. The van der Waals surface area contributed by atoms with Gasteiger partial charge in [-0.25, -0.2) is 0 Å². The molecule has 0 amide bonds. The molecule has 116 valence electrons. The van der Waals surface area contributed by atoms with Crippen molar-refractivity contribution in [1.29, 1.82) is 0 Å². The molecule has 21 heavy (non-hydrogen) atoms. The standard InChI is InChI=1S/C20H30O/c1-3-14-5-9-19-18-7-4-13-12-15(21)6-8-16(13)17(18)10-11-20(14,19)2/h5,12,15-19,21H,3-4,6-11H2,1-2H3/t15?,16-,17+,18+,19-,20+/m0/s1. The summed E-state index contributed by atoms with van der Waals surface area (Å²) in [5, 5.41) is 9.92. The number of rotatable bonds is 1. The largest absolute Gasteiger partial charge is 0.389 e. The van der Waals surface area contributed by atoms with Crippen molar-refractivity contribution in [3.8, 4) is 0 Å². The van der Waals surface area contributed by atoms with E-state index in [2.05, 4.69) is 26.0 Å². The van der Waals surface area contributed by atoms with E-state index < -0.39 is 0 Å².